The molecule has 0 aromatic carbocycles. The van der Waals surface area contributed by atoms with Gasteiger partial charge < -0.3 is 9.47 Å². The molecule has 1 aliphatic heterocycles. The standard InChI is InChI=1S/C9H14O2/c1-2-10-7-4-5-3-6(7)9-8(5)11-9/h5-9H,2-4H2,1H3. The molecule has 0 aromatic heterocycles. The summed E-state index contributed by atoms with van der Waals surface area (Å²) in [6.45, 7) is 2.95. The molecule has 5 atom stereocenters. The van der Waals surface area contributed by atoms with Crippen LogP contribution in [0.15, 0.2) is 0 Å². The van der Waals surface area contributed by atoms with Gasteiger partial charge in [0.15, 0.2) is 0 Å². The van der Waals surface area contributed by atoms with Crippen LogP contribution >= 0.6 is 0 Å². The van der Waals surface area contributed by atoms with Crippen molar-refractivity contribution in [2.75, 3.05) is 6.61 Å². The molecule has 0 amide bonds. The SMILES string of the molecule is CCOC1CC2CC1C1OC21. The van der Waals surface area contributed by atoms with Gasteiger partial charge in [-0.15, -0.1) is 0 Å². The van der Waals surface area contributed by atoms with Crippen LogP contribution in [-0.2, 0) is 9.47 Å². The Bertz CT molecular complexity index is 180. The maximum absolute atomic E-state index is 5.65. The average Bonchev–Trinajstić information content (AvgIpc) is 2.62. The molecule has 11 heavy (non-hydrogen) atoms. The van der Waals surface area contributed by atoms with E-state index in [0.717, 1.165) is 18.4 Å². The second-order valence-electron chi connectivity index (χ2n) is 3.95. The van der Waals surface area contributed by atoms with Crippen molar-refractivity contribution >= 4 is 0 Å². The van der Waals surface area contributed by atoms with Gasteiger partial charge in [0, 0.05) is 12.5 Å². The first-order valence-electron chi connectivity index (χ1n) is 4.67. The maximum atomic E-state index is 5.65. The largest absolute Gasteiger partial charge is 0.378 e. The zero-order chi connectivity index (χ0) is 7.42. The molecule has 3 rings (SSSR count). The third-order valence-electron chi connectivity index (χ3n) is 3.42. The molecule has 0 radical (unpaired) electrons. The lowest BCUT2D eigenvalue weighted by Gasteiger charge is -2.18. The highest BCUT2D eigenvalue weighted by Crippen LogP contribution is 2.56. The predicted octanol–water partition coefficient (Wildman–Crippen LogP) is 1.20. The second-order valence-corrected chi connectivity index (χ2v) is 3.95. The van der Waals surface area contributed by atoms with E-state index in [-0.39, 0.29) is 0 Å². The Morgan fingerprint density at radius 3 is 2.91 bits per heavy atom. The lowest BCUT2D eigenvalue weighted by atomic mass is 9.98. The van der Waals surface area contributed by atoms with Crippen LogP contribution in [0.2, 0.25) is 0 Å². The monoisotopic (exact) mass is 154 g/mol. The van der Waals surface area contributed by atoms with E-state index in [4.69, 9.17) is 9.47 Å². The fraction of sp³-hybridized carbons (Fsp3) is 1.00. The van der Waals surface area contributed by atoms with Crippen molar-refractivity contribution in [3.05, 3.63) is 0 Å². The van der Waals surface area contributed by atoms with Gasteiger partial charge in [0.1, 0.15) is 0 Å². The van der Waals surface area contributed by atoms with Gasteiger partial charge in [-0.05, 0) is 25.7 Å². The van der Waals surface area contributed by atoms with Crippen LogP contribution in [0.5, 0.6) is 0 Å². The molecular weight excluding hydrogens is 140 g/mol. The Hall–Kier alpha value is -0.0800. The smallest absolute Gasteiger partial charge is 0.0897 e. The van der Waals surface area contributed by atoms with E-state index in [1.54, 1.807) is 0 Å². The quantitative estimate of drug-likeness (QED) is 0.557. The summed E-state index contributed by atoms with van der Waals surface area (Å²) in [6, 6.07) is 0. The van der Waals surface area contributed by atoms with E-state index in [1.165, 1.54) is 12.8 Å². The molecule has 62 valence electrons. The van der Waals surface area contributed by atoms with Gasteiger partial charge in [0.2, 0.25) is 0 Å². The molecule has 2 nitrogen and oxygen atoms in total. The van der Waals surface area contributed by atoms with Crippen molar-refractivity contribution in [2.24, 2.45) is 11.8 Å². The Balaban J connectivity index is 1.73. The Labute approximate surface area is 66.9 Å². The highest BCUT2D eigenvalue weighted by molar-refractivity contribution is 5.11. The van der Waals surface area contributed by atoms with Gasteiger partial charge >= 0.3 is 0 Å². The number of hydrogen-bond donors (Lipinski definition) is 0. The van der Waals surface area contributed by atoms with Crippen LogP contribution in [0, 0.1) is 11.8 Å². The normalized spacial score (nSPS) is 58.1. The molecule has 2 bridgehead atoms. The minimum absolute atomic E-state index is 0.536. The van der Waals surface area contributed by atoms with Crippen molar-refractivity contribution in [1.82, 2.24) is 0 Å². The third-order valence-corrected chi connectivity index (χ3v) is 3.42. The van der Waals surface area contributed by atoms with Crippen molar-refractivity contribution in [1.29, 1.82) is 0 Å². The van der Waals surface area contributed by atoms with E-state index in [1.807, 2.05) is 0 Å². The van der Waals surface area contributed by atoms with E-state index in [2.05, 4.69) is 6.92 Å². The van der Waals surface area contributed by atoms with Gasteiger partial charge in [0.25, 0.3) is 0 Å². The highest BCUT2D eigenvalue weighted by Gasteiger charge is 2.63. The summed E-state index contributed by atoms with van der Waals surface area (Å²) >= 11 is 0. The van der Waals surface area contributed by atoms with E-state index >= 15 is 0 Å². The molecule has 0 aromatic rings. The predicted molar refractivity (Wildman–Crippen MR) is 40.3 cm³/mol. The molecule has 0 N–H and O–H groups in total. The summed E-state index contributed by atoms with van der Waals surface area (Å²) in [4.78, 5) is 0. The van der Waals surface area contributed by atoms with Gasteiger partial charge in [-0.25, -0.2) is 0 Å². The van der Waals surface area contributed by atoms with Crippen molar-refractivity contribution in [3.63, 3.8) is 0 Å². The Kier molecular flexibility index (Phi) is 1.16. The summed E-state index contributed by atoms with van der Waals surface area (Å²) in [5.74, 6) is 1.60. The molecule has 1 saturated heterocycles. The molecule has 2 aliphatic carbocycles. The first kappa shape index (κ1) is 6.44. The highest BCUT2D eigenvalue weighted by atomic mass is 16.6. The number of epoxide rings is 1. The third kappa shape index (κ3) is 0.744. The molecule has 3 fully saturated rings. The van der Waals surface area contributed by atoms with Crippen LogP contribution in [0.25, 0.3) is 0 Å². The number of rotatable bonds is 2. The molecule has 2 saturated carbocycles. The maximum Gasteiger partial charge on any atom is 0.0897 e. The van der Waals surface area contributed by atoms with E-state index in [0.29, 0.717) is 18.3 Å². The summed E-state index contributed by atoms with van der Waals surface area (Å²) in [5, 5.41) is 0. The van der Waals surface area contributed by atoms with Gasteiger partial charge in [-0.3, -0.25) is 0 Å². The Morgan fingerprint density at radius 2 is 2.27 bits per heavy atom. The van der Waals surface area contributed by atoms with Crippen LogP contribution in [0.4, 0.5) is 0 Å². The zero-order valence-electron chi connectivity index (χ0n) is 6.82. The van der Waals surface area contributed by atoms with Crippen LogP contribution < -0.4 is 0 Å². The van der Waals surface area contributed by atoms with Crippen molar-refractivity contribution in [3.8, 4) is 0 Å². The van der Waals surface area contributed by atoms with Crippen molar-refractivity contribution in [2.45, 2.75) is 38.1 Å². The zero-order valence-corrected chi connectivity index (χ0v) is 6.82. The first-order valence-corrected chi connectivity index (χ1v) is 4.67. The summed E-state index contributed by atoms with van der Waals surface area (Å²) in [7, 11) is 0. The topological polar surface area (TPSA) is 21.8 Å². The van der Waals surface area contributed by atoms with Crippen LogP contribution in [0.1, 0.15) is 19.8 Å². The average molecular weight is 154 g/mol. The lowest BCUT2D eigenvalue weighted by molar-refractivity contribution is 0.0257. The summed E-state index contributed by atoms with van der Waals surface area (Å²) in [5.41, 5.74) is 0. The molecule has 2 heteroatoms. The van der Waals surface area contributed by atoms with Gasteiger partial charge in [-0.1, -0.05) is 0 Å². The Morgan fingerprint density at radius 1 is 1.36 bits per heavy atom. The molecule has 0 spiro atoms. The minimum Gasteiger partial charge on any atom is -0.378 e. The molecule has 3 aliphatic rings. The van der Waals surface area contributed by atoms with Gasteiger partial charge in [0.05, 0.1) is 18.3 Å². The number of fused-ring (bicyclic) bond motifs is 5. The van der Waals surface area contributed by atoms with Gasteiger partial charge in [-0.2, -0.15) is 0 Å². The van der Waals surface area contributed by atoms with Crippen LogP contribution in [0.3, 0.4) is 0 Å². The fourth-order valence-electron chi connectivity index (χ4n) is 2.95. The molecule has 5 unspecified atom stereocenters. The first-order chi connectivity index (χ1) is 5.40. The lowest BCUT2D eigenvalue weighted by Crippen LogP contribution is -2.25. The fourth-order valence-corrected chi connectivity index (χ4v) is 2.95. The van der Waals surface area contributed by atoms with E-state index < -0.39 is 0 Å². The second kappa shape index (κ2) is 1.99. The van der Waals surface area contributed by atoms with E-state index in [9.17, 15) is 0 Å². The molecule has 1 heterocycles. The van der Waals surface area contributed by atoms with Crippen molar-refractivity contribution < 1.29 is 9.47 Å². The minimum atomic E-state index is 0.536. The number of ether oxygens (including phenoxy) is 2. The summed E-state index contributed by atoms with van der Waals surface area (Å²) in [6.07, 6.45) is 4.43. The summed E-state index contributed by atoms with van der Waals surface area (Å²) < 4.78 is 11.2. The number of hydrogen-bond acceptors (Lipinski definition) is 2. The molecular formula is C9H14O2. The van der Waals surface area contributed by atoms with Crippen LogP contribution in [-0.4, -0.2) is 24.9 Å².